The number of amides is 1. The number of fused-ring (bicyclic) bond motifs is 1. The third-order valence-electron chi connectivity index (χ3n) is 5.57. The van der Waals surface area contributed by atoms with Gasteiger partial charge in [0, 0.05) is 30.6 Å². The molecule has 1 aliphatic heterocycles. The van der Waals surface area contributed by atoms with Gasteiger partial charge in [-0.05, 0) is 62.0 Å². The van der Waals surface area contributed by atoms with Crippen molar-refractivity contribution >= 4 is 17.2 Å². The van der Waals surface area contributed by atoms with E-state index in [1.54, 1.807) is 0 Å². The molecular formula is C23H28N4O2. The van der Waals surface area contributed by atoms with Crippen LogP contribution in [0.5, 0.6) is 5.75 Å². The van der Waals surface area contributed by atoms with E-state index < -0.39 is 0 Å². The van der Waals surface area contributed by atoms with Crippen molar-refractivity contribution < 1.29 is 9.53 Å². The smallest absolute Gasteiger partial charge is 0.224 e. The van der Waals surface area contributed by atoms with Crippen LogP contribution in [-0.2, 0) is 11.4 Å². The van der Waals surface area contributed by atoms with Crippen LogP contribution in [0.25, 0.3) is 5.65 Å². The van der Waals surface area contributed by atoms with Crippen molar-refractivity contribution in [2.75, 3.05) is 18.4 Å². The van der Waals surface area contributed by atoms with E-state index >= 15 is 0 Å². The van der Waals surface area contributed by atoms with E-state index in [2.05, 4.69) is 22.5 Å². The average molecular weight is 393 g/mol. The van der Waals surface area contributed by atoms with Gasteiger partial charge in [-0.3, -0.25) is 4.79 Å². The van der Waals surface area contributed by atoms with Crippen LogP contribution >= 0.6 is 0 Å². The summed E-state index contributed by atoms with van der Waals surface area (Å²) in [6, 6.07) is 13.4. The fourth-order valence-electron chi connectivity index (χ4n) is 3.91. The Kier molecular flexibility index (Phi) is 6.10. The van der Waals surface area contributed by atoms with Gasteiger partial charge in [0.1, 0.15) is 18.0 Å². The van der Waals surface area contributed by atoms with Crippen molar-refractivity contribution in [1.82, 2.24) is 14.7 Å². The molecule has 4 rings (SSSR count). The van der Waals surface area contributed by atoms with E-state index in [9.17, 15) is 4.79 Å². The van der Waals surface area contributed by atoms with Gasteiger partial charge in [-0.25, -0.2) is 4.98 Å². The standard InChI is InChI=1S/C23H28N4O2/c1-17(18-6-5-10-24-14-18)12-23(28)26-19-7-4-8-21(13-19)29-16-20-15-27-11-3-2-9-22(27)25-20/h2-4,7-9,11,13,15,17-18,24H,5-6,10,12,14,16H2,1H3,(H,26,28). The monoisotopic (exact) mass is 392 g/mol. The van der Waals surface area contributed by atoms with Crippen LogP contribution in [0.15, 0.2) is 54.9 Å². The lowest BCUT2D eigenvalue weighted by atomic mass is 9.85. The van der Waals surface area contributed by atoms with Crippen molar-refractivity contribution in [2.45, 2.75) is 32.8 Å². The molecule has 0 radical (unpaired) electrons. The lowest BCUT2D eigenvalue weighted by Crippen LogP contribution is -2.34. The lowest BCUT2D eigenvalue weighted by Gasteiger charge is -2.28. The first-order valence-corrected chi connectivity index (χ1v) is 10.3. The quantitative estimate of drug-likeness (QED) is 0.640. The van der Waals surface area contributed by atoms with Gasteiger partial charge in [0.05, 0.1) is 5.69 Å². The number of hydrogen-bond donors (Lipinski definition) is 2. The number of imidazole rings is 1. The number of rotatable bonds is 7. The number of pyridine rings is 1. The normalized spacial score (nSPS) is 17.8. The number of nitrogens with zero attached hydrogens (tertiary/aromatic N) is 2. The van der Waals surface area contributed by atoms with E-state index in [0.29, 0.717) is 30.6 Å². The molecule has 1 aromatic carbocycles. The first-order chi connectivity index (χ1) is 14.2. The number of carbonyl (C=O) groups excluding carboxylic acids is 1. The van der Waals surface area contributed by atoms with Gasteiger partial charge in [0.15, 0.2) is 0 Å². The first kappa shape index (κ1) is 19.5. The largest absolute Gasteiger partial charge is 0.487 e. The number of aromatic nitrogens is 2. The average Bonchev–Trinajstić information content (AvgIpc) is 3.16. The highest BCUT2D eigenvalue weighted by atomic mass is 16.5. The first-order valence-electron chi connectivity index (χ1n) is 10.3. The van der Waals surface area contributed by atoms with Gasteiger partial charge in [-0.2, -0.15) is 0 Å². The minimum absolute atomic E-state index is 0.0561. The van der Waals surface area contributed by atoms with E-state index in [-0.39, 0.29) is 5.91 Å². The molecule has 3 heterocycles. The fourth-order valence-corrected chi connectivity index (χ4v) is 3.91. The molecule has 29 heavy (non-hydrogen) atoms. The lowest BCUT2D eigenvalue weighted by molar-refractivity contribution is -0.117. The Labute approximate surface area is 171 Å². The van der Waals surface area contributed by atoms with Gasteiger partial charge < -0.3 is 19.8 Å². The zero-order chi connectivity index (χ0) is 20.1. The highest BCUT2D eigenvalue weighted by molar-refractivity contribution is 5.91. The van der Waals surface area contributed by atoms with Crippen molar-refractivity contribution in [3.63, 3.8) is 0 Å². The molecule has 0 saturated carbocycles. The van der Waals surface area contributed by atoms with E-state index in [0.717, 1.165) is 30.1 Å². The van der Waals surface area contributed by atoms with Crippen LogP contribution in [0.2, 0.25) is 0 Å². The summed E-state index contributed by atoms with van der Waals surface area (Å²) in [5.74, 6) is 1.72. The van der Waals surface area contributed by atoms with Crippen LogP contribution in [0.3, 0.4) is 0 Å². The van der Waals surface area contributed by atoms with Crippen LogP contribution in [-0.4, -0.2) is 28.4 Å². The zero-order valence-electron chi connectivity index (χ0n) is 16.8. The summed E-state index contributed by atoms with van der Waals surface area (Å²) in [5.41, 5.74) is 2.52. The number of hydrogen-bond acceptors (Lipinski definition) is 4. The number of anilines is 1. The molecular weight excluding hydrogens is 364 g/mol. The summed E-state index contributed by atoms with van der Waals surface area (Å²) in [6.07, 6.45) is 6.86. The van der Waals surface area contributed by atoms with Crippen molar-refractivity contribution in [3.05, 3.63) is 60.6 Å². The highest BCUT2D eigenvalue weighted by Crippen LogP contribution is 2.24. The number of benzene rings is 1. The van der Waals surface area contributed by atoms with Crippen molar-refractivity contribution in [3.8, 4) is 5.75 Å². The second-order valence-corrected chi connectivity index (χ2v) is 7.85. The molecule has 0 aliphatic carbocycles. The molecule has 1 aliphatic rings. The minimum atomic E-state index is 0.0561. The van der Waals surface area contributed by atoms with E-state index in [1.807, 2.05) is 59.3 Å². The zero-order valence-corrected chi connectivity index (χ0v) is 16.8. The summed E-state index contributed by atoms with van der Waals surface area (Å²) >= 11 is 0. The van der Waals surface area contributed by atoms with Crippen LogP contribution in [0.4, 0.5) is 5.69 Å². The van der Waals surface area contributed by atoms with Crippen molar-refractivity contribution in [1.29, 1.82) is 0 Å². The molecule has 3 aromatic rings. The van der Waals surface area contributed by atoms with Gasteiger partial charge in [-0.1, -0.05) is 19.1 Å². The molecule has 6 nitrogen and oxygen atoms in total. The van der Waals surface area contributed by atoms with Crippen molar-refractivity contribution in [2.24, 2.45) is 11.8 Å². The topological polar surface area (TPSA) is 67.7 Å². The molecule has 2 aromatic heterocycles. The summed E-state index contributed by atoms with van der Waals surface area (Å²) in [4.78, 5) is 17.0. The number of piperidine rings is 1. The predicted octanol–water partition coefficient (Wildman–Crippen LogP) is 3.88. The number of ether oxygens (including phenoxy) is 1. The second-order valence-electron chi connectivity index (χ2n) is 7.85. The second kappa shape index (κ2) is 9.09. The summed E-state index contributed by atoms with van der Waals surface area (Å²) in [7, 11) is 0. The Morgan fingerprint density at radius 2 is 2.28 bits per heavy atom. The molecule has 0 spiro atoms. The van der Waals surface area contributed by atoms with E-state index in [4.69, 9.17) is 4.74 Å². The summed E-state index contributed by atoms with van der Waals surface area (Å²) in [5, 5.41) is 6.44. The van der Waals surface area contributed by atoms with Crippen LogP contribution < -0.4 is 15.4 Å². The van der Waals surface area contributed by atoms with Gasteiger partial charge in [0.25, 0.3) is 0 Å². The van der Waals surface area contributed by atoms with Gasteiger partial charge in [0.2, 0.25) is 5.91 Å². The molecule has 1 fully saturated rings. The molecule has 1 amide bonds. The Morgan fingerprint density at radius 1 is 1.34 bits per heavy atom. The minimum Gasteiger partial charge on any atom is -0.487 e. The predicted molar refractivity (Wildman–Crippen MR) is 114 cm³/mol. The Balaban J connectivity index is 1.31. The third kappa shape index (κ3) is 5.15. The molecule has 0 bridgehead atoms. The molecule has 2 unspecified atom stereocenters. The third-order valence-corrected chi connectivity index (χ3v) is 5.57. The maximum atomic E-state index is 12.5. The molecule has 1 saturated heterocycles. The molecule has 2 atom stereocenters. The van der Waals surface area contributed by atoms with Gasteiger partial charge in [-0.15, -0.1) is 0 Å². The van der Waals surface area contributed by atoms with Gasteiger partial charge >= 0.3 is 0 Å². The molecule has 6 heteroatoms. The molecule has 152 valence electrons. The maximum absolute atomic E-state index is 12.5. The van der Waals surface area contributed by atoms with Crippen LogP contribution in [0, 0.1) is 11.8 Å². The Morgan fingerprint density at radius 3 is 3.10 bits per heavy atom. The Hall–Kier alpha value is -2.86. The Bertz CT molecular complexity index is 929. The van der Waals surface area contributed by atoms with E-state index in [1.165, 1.54) is 12.8 Å². The SMILES string of the molecule is CC(CC(=O)Nc1cccc(OCc2cn3ccccc3n2)c1)C1CCCNC1. The number of nitrogens with one attached hydrogen (secondary N) is 2. The summed E-state index contributed by atoms with van der Waals surface area (Å²) < 4.78 is 7.86. The fraction of sp³-hybridized carbons (Fsp3) is 0.391. The maximum Gasteiger partial charge on any atom is 0.224 e. The number of carbonyl (C=O) groups is 1. The van der Waals surface area contributed by atoms with Crippen LogP contribution in [0.1, 0.15) is 31.9 Å². The molecule has 2 N–H and O–H groups in total. The summed E-state index contributed by atoms with van der Waals surface area (Å²) in [6.45, 7) is 4.66. The highest BCUT2D eigenvalue weighted by Gasteiger charge is 2.22.